The maximum atomic E-state index is 12.2. The third-order valence-electron chi connectivity index (χ3n) is 3.11. The van der Waals surface area contributed by atoms with E-state index in [0.29, 0.717) is 15.7 Å². The first kappa shape index (κ1) is 18.6. The fourth-order valence-corrected chi connectivity index (χ4v) is 2.03. The van der Waals surface area contributed by atoms with Gasteiger partial charge in [0, 0.05) is 12.1 Å². The summed E-state index contributed by atoms with van der Waals surface area (Å²) in [6.45, 7) is 3.91. The molecule has 0 heterocycles. The first-order valence-corrected chi connectivity index (χ1v) is 7.12. The molecule has 0 saturated carbocycles. The fraction of sp³-hybridized carbons (Fsp3) is 0.533. The van der Waals surface area contributed by atoms with Crippen molar-refractivity contribution in [2.24, 2.45) is 0 Å². The Labute approximate surface area is 133 Å². The van der Waals surface area contributed by atoms with Crippen molar-refractivity contribution >= 4 is 17.5 Å². The van der Waals surface area contributed by atoms with Crippen molar-refractivity contribution in [3.63, 3.8) is 0 Å². The van der Waals surface area contributed by atoms with Crippen LogP contribution in [0.5, 0.6) is 5.75 Å². The summed E-state index contributed by atoms with van der Waals surface area (Å²) in [5.74, 6) is -0.165. The van der Waals surface area contributed by atoms with Crippen molar-refractivity contribution in [1.29, 1.82) is 0 Å². The Kier molecular flexibility index (Phi) is 6.11. The molecule has 0 unspecified atom stereocenters. The molecule has 1 aromatic rings. The van der Waals surface area contributed by atoms with Gasteiger partial charge >= 0.3 is 6.18 Å². The van der Waals surface area contributed by atoms with Gasteiger partial charge in [-0.3, -0.25) is 4.79 Å². The highest BCUT2D eigenvalue weighted by atomic mass is 35.5. The van der Waals surface area contributed by atoms with Gasteiger partial charge < -0.3 is 9.64 Å². The number of benzene rings is 1. The van der Waals surface area contributed by atoms with E-state index < -0.39 is 25.2 Å². The monoisotopic (exact) mass is 337 g/mol. The van der Waals surface area contributed by atoms with E-state index >= 15 is 0 Å². The molecule has 1 rings (SSSR count). The minimum Gasteiger partial charge on any atom is -0.483 e. The van der Waals surface area contributed by atoms with Gasteiger partial charge in [-0.2, -0.15) is 13.2 Å². The molecule has 0 aliphatic rings. The minimum absolute atomic E-state index is 0.108. The Morgan fingerprint density at radius 2 is 1.95 bits per heavy atom. The van der Waals surface area contributed by atoms with Gasteiger partial charge in [0.2, 0.25) is 0 Å². The maximum Gasteiger partial charge on any atom is 0.406 e. The van der Waals surface area contributed by atoms with Crippen LogP contribution in [0.2, 0.25) is 5.02 Å². The summed E-state index contributed by atoms with van der Waals surface area (Å²) in [7, 11) is 1.09. The summed E-state index contributed by atoms with van der Waals surface area (Å²) in [5.41, 5.74) is 1.58. The lowest BCUT2D eigenvalue weighted by Gasteiger charge is -2.20. The highest BCUT2D eigenvalue weighted by Crippen LogP contribution is 2.32. The van der Waals surface area contributed by atoms with E-state index in [-0.39, 0.29) is 5.92 Å². The quantitative estimate of drug-likeness (QED) is 0.807. The standard InChI is InChI=1S/C15H19ClF3NO2/c1-9(2)11-6-12(16)10(3)5-13(11)22-7-14(21)20(4)8-15(17,18)19/h5-6,9H,7-8H2,1-4H3. The number of ether oxygens (including phenoxy) is 1. The molecular weight excluding hydrogens is 319 g/mol. The number of alkyl halides is 3. The van der Waals surface area contributed by atoms with E-state index in [1.165, 1.54) is 0 Å². The fourth-order valence-electron chi connectivity index (χ4n) is 1.85. The number of carbonyl (C=O) groups is 1. The Balaban J connectivity index is 2.79. The van der Waals surface area contributed by atoms with Crippen LogP contribution < -0.4 is 4.74 Å². The molecule has 0 N–H and O–H groups in total. The van der Waals surface area contributed by atoms with Gasteiger partial charge in [-0.1, -0.05) is 25.4 Å². The molecule has 1 amide bonds. The molecule has 0 aliphatic heterocycles. The lowest BCUT2D eigenvalue weighted by Crippen LogP contribution is -2.38. The van der Waals surface area contributed by atoms with Crippen molar-refractivity contribution in [3.05, 3.63) is 28.3 Å². The predicted molar refractivity (Wildman–Crippen MR) is 79.5 cm³/mol. The van der Waals surface area contributed by atoms with Gasteiger partial charge in [0.05, 0.1) is 0 Å². The van der Waals surface area contributed by atoms with Gasteiger partial charge in [-0.15, -0.1) is 0 Å². The van der Waals surface area contributed by atoms with Crippen LogP contribution >= 0.6 is 11.6 Å². The molecule has 0 spiro atoms. The van der Waals surface area contributed by atoms with Crippen LogP contribution in [-0.4, -0.2) is 37.2 Å². The average Bonchev–Trinajstić information content (AvgIpc) is 2.36. The summed E-state index contributed by atoms with van der Waals surface area (Å²) in [4.78, 5) is 12.3. The maximum absolute atomic E-state index is 12.2. The molecule has 3 nitrogen and oxygen atoms in total. The molecule has 0 aliphatic carbocycles. The molecule has 1 aromatic carbocycles. The Morgan fingerprint density at radius 1 is 1.36 bits per heavy atom. The van der Waals surface area contributed by atoms with Crippen LogP contribution in [0.1, 0.15) is 30.9 Å². The molecule has 0 fully saturated rings. The molecule has 0 radical (unpaired) electrons. The van der Waals surface area contributed by atoms with Crippen LogP contribution in [-0.2, 0) is 4.79 Å². The van der Waals surface area contributed by atoms with E-state index in [9.17, 15) is 18.0 Å². The SMILES string of the molecule is Cc1cc(OCC(=O)N(C)CC(F)(F)F)c(C(C)C)cc1Cl. The Hall–Kier alpha value is -1.43. The van der Waals surface area contributed by atoms with Crippen molar-refractivity contribution in [3.8, 4) is 5.75 Å². The van der Waals surface area contributed by atoms with E-state index in [1.807, 2.05) is 13.8 Å². The van der Waals surface area contributed by atoms with Gasteiger partial charge in [0.15, 0.2) is 6.61 Å². The van der Waals surface area contributed by atoms with E-state index in [1.54, 1.807) is 19.1 Å². The number of amides is 1. The van der Waals surface area contributed by atoms with Crippen LogP contribution in [0.25, 0.3) is 0 Å². The summed E-state index contributed by atoms with van der Waals surface area (Å²) >= 11 is 6.06. The second-order valence-corrected chi connectivity index (χ2v) is 5.85. The smallest absolute Gasteiger partial charge is 0.406 e. The largest absolute Gasteiger partial charge is 0.483 e. The number of rotatable bonds is 5. The lowest BCUT2D eigenvalue weighted by atomic mass is 10.0. The summed E-state index contributed by atoms with van der Waals surface area (Å²) in [6, 6.07) is 3.44. The van der Waals surface area contributed by atoms with Crippen LogP contribution in [0, 0.1) is 6.92 Å². The second kappa shape index (κ2) is 7.22. The zero-order chi connectivity index (χ0) is 17.1. The minimum atomic E-state index is -4.43. The molecular formula is C15H19ClF3NO2. The lowest BCUT2D eigenvalue weighted by molar-refractivity contribution is -0.159. The molecule has 22 heavy (non-hydrogen) atoms. The summed E-state index contributed by atoms with van der Waals surface area (Å²) in [6.07, 6.45) is -4.43. The Morgan fingerprint density at radius 3 is 2.45 bits per heavy atom. The molecule has 0 atom stereocenters. The number of hydrogen-bond acceptors (Lipinski definition) is 2. The van der Waals surface area contributed by atoms with Gasteiger partial charge in [-0.25, -0.2) is 0 Å². The van der Waals surface area contributed by atoms with Gasteiger partial charge in [0.1, 0.15) is 12.3 Å². The van der Waals surface area contributed by atoms with E-state index in [2.05, 4.69) is 0 Å². The first-order valence-electron chi connectivity index (χ1n) is 6.75. The van der Waals surface area contributed by atoms with Crippen LogP contribution in [0.4, 0.5) is 13.2 Å². The van der Waals surface area contributed by atoms with Gasteiger partial charge in [0.25, 0.3) is 5.91 Å². The molecule has 0 saturated heterocycles. The normalized spacial score (nSPS) is 11.7. The molecule has 124 valence electrons. The zero-order valence-electron chi connectivity index (χ0n) is 12.9. The van der Waals surface area contributed by atoms with Crippen molar-refractivity contribution in [2.45, 2.75) is 32.9 Å². The number of nitrogens with zero attached hydrogens (tertiary/aromatic N) is 1. The topological polar surface area (TPSA) is 29.5 Å². The first-order chi connectivity index (χ1) is 10.0. The number of halogens is 4. The van der Waals surface area contributed by atoms with E-state index in [4.69, 9.17) is 16.3 Å². The average molecular weight is 338 g/mol. The van der Waals surface area contributed by atoms with Crippen LogP contribution in [0.15, 0.2) is 12.1 Å². The molecule has 0 aromatic heterocycles. The van der Waals surface area contributed by atoms with E-state index in [0.717, 1.165) is 18.2 Å². The Bertz CT molecular complexity index is 544. The third kappa shape index (κ3) is 5.40. The van der Waals surface area contributed by atoms with Gasteiger partial charge in [-0.05, 0) is 36.1 Å². The summed E-state index contributed by atoms with van der Waals surface area (Å²) in [5, 5.41) is 0.580. The van der Waals surface area contributed by atoms with Crippen molar-refractivity contribution < 1.29 is 22.7 Å². The number of hydrogen-bond donors (Lipinski definition) is 0. The van der Waals surface area contributed by atoms with Crippen LogP contribution in [0.3, 0.4) is 0 Å². The molecule has 7 heteroatoms. The molecule has 0 bridgehead atoms. The highest BCUT2D eigenvalue weighted by Gasteiger charge is 2.31. The number of aryl methyl sites for hydroxylation is 1. The van der Waals surface area contributed by atoms with Crippen molar-refractivity contribution in [2.75, 3.05) is 20.2 Å². The third-order valence-corrected chi connectivity index (χ3v) is 3.51. The summed E-state index contributed by atoms with van der Waals surface area (Å²) < 4.78 is 42.2. The predicted octanol–water partition coefficient (Wildman–Crippen LogP) is 4.17. The zero-order valence-corrected chi connectivity index (χ0v) is 13.7. The number of carbonyl (C=O) groups excluding carboxylic acids is 1. The highest BCUT2D eigenvalue weighted by molar-refractivity contribution is 6.31. The second-order valence-electron chi connectivity index (χ2n) is 5.45. The van der Waals surface area contributed by atoms with Crippen molar-refractivity contribution in [1.82, 2.24) is 4.90 Å². The number of likely N-dealkylation sites (N-methyl/N-ethyl adjacent to an activating group) is 1.